The minimum absolute atomic E-state index is 0.0812. The molecule has 1 aliphatic heterocycles. The maximum Gasteiger partial charge on any atom is 0.256 e. The highest BCUT2D eigenvalue weighted by Gasteiger charge is 2.47. The zero-order valence-electron chi connectivity index (χ0n) is 20.9. The number of nitriles is 1. The van der Waals surface area contributed by atoms with E-state index in [1.807, 2.05) is 29.6 Å². The molecular weight excluding hydrogens is 522 g/mol. The number of aromatic nitrogens is 2. The molecule has 2 atom stereocenters. The van der Waals surface area contributed by atoms with Gasteiger partial charge in [-0.1, -0.05) is 25.0 Å². The van der Waals surface area contributed by atoms with Crippen LogP contribution in [0.15, 0.2) is 40.3 Å². The monoisotopic (exact) mass is 551 g/mol. The highest BCUT2D eigenvalue weighted by Crippen LogP contribution is 2.45. The van der Waals surface area contributed by atoms with Crippen molar-refractivity contribution in [3.8, 4) is 28.2 Å². The van der Waals surface area contributed by atoms with Crippen molar-refractivity contribution >= 4 is 32.8 Å². The number of nitrogens with one attached hydrogen (secondary N) is 1. The smallest absolute Gasteiger partial charge is 0.256 e. The first kappa shape index (κ1) is 25.1. The van der Waals surface area contributed by atoms with Gasteiger partial charge >= 0.3 is 0 Å². The minimum atomic E-state index is -2.95. The Morgan fingerprint density at radius 1 is 1.16 bits per heavy atom. The molecule has 2 saturated carbocycles. The molecule has 198 valence electrons. The Balaban J connectivity index is 1.32. The van der Waals surface area contributed by atoms with Crippen LogP contribution in [0.5, 0.6) is 0 Å². The Morgan fingerprint density at radius 2 is 1.89 bits per heavy atom. The second kappa shape index (κ2) is 9.82. The molecule has 3 fully saturated rings. The average Bonchev–Trinajstić information content (AvgIpc) is 3.30. The molecule has 6 rings (SSSR count). The van der Waals surface area contributed by atoms with Crippen molar-refractivity contribution in [3.05, 3.63) is 41.6 Å². The number of carbonyl (C=O) groups excluding carboxylic acids is 1. The van der Waals surface area contributed by atoms with Gasteiger partial charge in [0.15, 0.2) is 14.8 Å². The van der Waals surface area contributed by atoms with Crippen LogP contribution in [0.3, 0.4) is 0 Å². The van der Waals surface area contributed by atoms with Crippen LogP contribution in [0.4, 0.5) is 5.69 Å². The Labute approximate surface area is 225 Å². The lowest BCUT2D eigenvalue weighted by Gasteiger charge is -2.30. The Kier molecular flexibility index (Phi) is 6.48. The zero-order valence-corrected chi connectivity index (χ0v) is 22.6. The molecule has 11 heteroatoms. The third-order valence-corrected chi connectivity index (χ3v) is 10.3. The summed E-state index contributed by atoms with van der Waals surface area (Å²) in [6, 6.07) is 10.2. The highest BCUT2D eigenvalue weighted by molar-refractivity contribution is 7.91. The average molecular weight is 552 g/mol. The molecule has 1 aromatic carbocycles. The molecule has 0 spiro atoms. The Bertz CT molecular complexity index is 1460. The summed E-state index contributed by atoms with van der Waals surface area (Å²) in [6.45, 7) is 0.961. The topological polar surface area (TPSA) is 129 Å². The Morgan fingerprint density at radius 3 is 2.55 bits per heavy atom. The number of sulfone groups is 1. The lowest BCUT2D eigenvalue weighted by Crippen LogP contribution is -2.42. The molecule has 0 unspecified atom stereocenters. The van der Waals surface area contributed by atoms with Gasteiger partial charge in [-0.2, -0.15) is 5.26 Å². The number of oxazole rings is 1. The lowest BCUT2D eigenvalue weighted by molar-refractivity contribution is -0.127. The number of nitrogens with zero attached hydrogens (tertiary/aromatic N) is 4. The number of rotatable bonds is 6. The van der Waals surface area contributed by atoms with E-state index in [-0.39, 0.29) is 29.2 Å². The number of thiazole rings is 1. The molecule has 2 aliphatic carbocycles. The fourth-order valence-corrected chi connectivity index (χ4v) is 7.25. The quantitative estimate of drug-likeness (QED) is 0.484. The maximum absolute atomic E-state index is 13.4. The van der Waals surface area contributed by atoms with E-state index >= 15 is 0 Å². The summed E-state index contributed by atoms with van der Waals surface area (Å²) in [5.74, 6) is 0.933. The molecule has 38 heavy (non-hydrogen) atoms. The summed E-state index contributed by atoms with van der Waals surface area (Å²) in [6.07, 6.45) is 6.59. The lowest BCUT2D eigenvalue weighted by atomic mass is 9.76. The van der Waals surface area contributed by atoms with Crippen molar-refractivity contribution in [3.63, 3.8) is 0 Å². The number of benzene rings is 1. The molecule has 1 N–H and O–H groups in total. The van der Waals surface area contributed by atoms with Crippen molar-refractivity contribution < 1.29 is 17.6 Å². The summed E-state index contributed by atoms with van der Waals surface area (Å²) in [4.78, 5) is 24.7. The van der Waals surface area contributed by atoms with E-state index in [1.165, 1.54) is 11.3 Å². The van der Waals surface area contributed by atoms with E-state index in [1.54, 1.807) is 6.20 Å². The molecular formula is C27H29N5O4S2. The molecule has 2 aromatic heterocycles. The van der Waals surface area contributed by atoms with Gasteiger partial charge < -0.3 is 14.6 Å². The van der Waals surface area contributed by atoms with E-state index in [2.05, 4.69) is 21.3 Å². The fourth-order valence-electron chi connectivity index (χ4n) is 5.49. The predicted octanol–water partition coefficient (Wildman–Crippen LogP) is 4.15. The first-order valence-corrected chi connectivity index (χ1v) is 15.8. The summed E-state index contributed by atoms with van der Waals surface area (Å²) in [5, 5.41) is 15.1. The van der Waals surface area contributed by atoms with Crippen LogP contribution in [-0.4, -0.2) is 54.4 Å². The molecule has 3 heterocycles. The first-order chi connectivity index (χ1) is 18.4. The molecule has 3 aromatic rings. The van der Waals surface area contributed by atoms with Crippen molar-refractivity contribution in [2.24, 2.45) is 5.92 Å². The number of carbonyl (C=O) groups is 1. The van der Waals surface area contributed by atoms with Gasteiger partial charge in [-0.25, -0.2) is 18.4 Å². The van der Waals surface area contributed by atoms with Crippen molar-refractivity contribution in [2.75, 3.05) is 29.5 Å². The van der Waals surface area contributed by atoms with Gasteiger partial charge in [0, 0.05) is 47.8 Å². The van der Waals surface area contributed by atoms with Crippen LogP contribution in [0, 0.1) is 17.2 Å². The molecule has 0 radical (unpaired) electrons. The van der Waals surface area contributed by atoms with Gasteiger partial charge in [0.25, 0.3) is 5.89 Å². The number of hydrogen-bond donors (Lipinski definition) is 1. The number of amides is 1. The van der Waals surface area contributed by atoms with E-state index in [9.17, 15) is 18.5 Å². The van der Waals surface area contributed by atoms with E-state index < -0.39 is 15.4 Å². The van der Waals surface area contributed by atoms with Crippen LogP contribution in [-0.2, 0) is 14.6 Å². The predicted molar refractivity (Wildman–Crippen MR) is 144 cm³/mol. The normalized spacial score (nSPS) is 23.9. The third-order valence-electron chi connectivity index (χ3n) is 7.88. The van der Waals surface area contributed by atoms with Crippen molar-refractivity contribution in [1.29, 1.82) is 5.26 Å². The second-order valence-corrected chi connectivity index (χ2v) is 13.6. The zero-order chi connectivity index (χ0) is 26.3. The van der Waals surface area contributed by atoms with Gasteiger partial charge in [0.1, 0.15) is 17.0 Å². The van der Waals surface area contributed by atoms with Crippen LogP contribution in [0.1, 0.15) is 50.2 Å². The highest BCUT2D eigenvalue weighted by atomic mass is 32.2. The largest absolute Gasteiger partial charge is 0.438 e. The van der Waals surface area contributed by atoms with Gasteiger partial charge in [-0.3, -0.25) is 4.79 Å². The standard InChI is InChI=1S/C27H29N5O4S2/c28-17-27(9-10-27)31-24(33)21-4-2-1-3-20(21)23-22(30-25(36-23)26-29-11-14-37-26)18-5-7-19(8-6-18)32-12-15-38(34,35)16-13-32/h5-8,11,14,20-21H,1-4,9-10,12-13,15-16H2,(H,31,33)/t20-,21-/m1/s1. The van der Waals surface area contributed by atoms with Crippen molar-refractivity contribution in [2.45, 2.75) is 50.0 Å². The molecule has 0 bridgehead atoms. The van der Waals surface area contributed by atoms with Crippen LogP contribution < -0.4 is 10.2 Å². The van der Waals surface area contributed by atoms with Gasteiger partial charge in [0.05, 0.1) is 17.6 Å². The van der Waals surface area contributed by atoms with E-state index in [0.717, 1.165) is 36.9 Å². The van der Waals surface area contributed by atoms with Crippen LogP contribution in [0.2, 0.25) is 0 Å². The number of hydrogen-bond acceptors (Lipinski definition) is 9. The van der Waals surface area contributed by atoms with Crippen molar-refractivity contribution in [1.82, 2.24) is 15.3 Å². The Hall–Kier alpha value is -3.23. The molecule has 1 saturated heterocycles. The van der Waals surface area contributed by atoms with E-state index in [4.69, 9.17) is 9.40 Å². The minimum Gasteiger partial charge on any atom is -0.438 e. The second-order valence-electron chi connectivity index (χ2n) is 10.4. The summed E-state index contributed by atoms with van der Waals surface area (Å²) in [7, 11) is -2.95. The SMILES string of the molecule is N#CC1(NC(=O)[C@@H]2CCCC[C@H]2c2oc(-c3nccs3)nc2-c2ccc(N3CCS(=O)(=O)CC3)cc2)CC1. The van der Waals surface area contributed by atoms with Crippen LogP contribution >= 0.6 is 11.3 Å². The third kappa shape index (κ3) is 4.95. The maximum atomic E-state index is 13.4. The summed E-state index contributed by atoms with van der Waals surface area (Å²) >= 11 is 1.45. The molecule has 3 aliphatic rings. The fraction of sp³-hybridized carbons (Fsp3) is 0.481. The number of anilines is 1. The summed E-state index contributed by atoms with van der Waals surface area (Å²) < 4.78 is 30.1. The molecule has 9 nitrogen and oxygen atoms in total. The summed E-state index contributed by atoms with van der Waals surface area (Å²) in [5.41, 5.74) is 1.84. The van der Waals surface area contributed by atoms with Gasteiger partial charge in [-0.05, 0) is 37.8 Å². The van der Waals surface area contributed by atoms with Gasteiger partial charge in [0.2, 0.25) is 5.91 Å². The first-order valence-electron chi connectivity index (χ1n) is 13.1. The van der Waals surface area contributed by atoms with Crippen LogP contribution in [0.25, 0.3) is 22.2 Å². The van der Waals surface area contributed by atoms with Gasteiger partial charge in [-0.15, -0.1) is 11.3 Å². The van der Waals surface area contributed by atoms with E-state index in [0.29, 0.717) is 48.3 Å². The molecule has 1 amide bonds.